The lowest BCUT2D eigenvalue weighted by Crippen LogP contribution is -2.30. The molecule has 0 radical (unpaired) electrons. The van der Waals surface area contributed by atoms with Crippen LogP contribution in [0.25, 0.3) is 10.9 Å². The Kier molecular flexibility index (Phi) is 6.01. The largest absolute Gasteiger partial charge is 0.465 e. The van der Waals surface area contributed by atoms with Crippen molar-refractivity contribution in [3.05, 3.63) is 34.1 Å². The van der Waals surface area contributed by atoms with E-state index in [0.29, 0.717) is 41.2 Å². The van der Waals surface area contributed by atoms with Gasteiger partial charge in [-0.3, -0.25) is 14.2 Å². The van der Waals surface area contributed by atoms with Crippen LogP contribution in [0.15, 0.2) is 28.2 Å². The average Bonchev–Trinajstić information content (AvgIpc) is 3.25. The van der Waals surface area contributed by atoms with Gasteiger partial charge >= 0.3 is 5.97 Å². The Morgan fingerprint density at radius 2 is 2.14 bits per heavy atom. The lowest BCUT2D eigenvalue weighted by molar-refractivity contribution is -0.119. The number of carbonyl (C=O) groups is 2. The van der Waals surface area contributed by atoms with Gasteiger partial charge in [0.2, 0.25) is 0 Å². The third kappa shape index (κ3) is 4.23. The van der Waals surface area contributed by atoms with E-state index >= 15 is 0 Å². The fourth-order valence-corrected chi connectivity index (χ4v) is 5.12. The van der Waals surface area contributed by atoms with E-state index < -0.39 is 5.97 Å². The summed E-state index contributed by atoms with van der Waals surface area (Å²) in [5.74, 6) is -0.267. The molecule has 1 aromatic carbocycles. The smallest absolute Gasteiger partial charge is 0.337 e. The number of carbonyl (C=O) groups excluding carboxylic acids is 2. The highest BCUT2D eigenvalue weighted by molar-refractivity contribution is 8.00. The number of hydrogen-bond donors (Lipinski definition) is 0. The fraction of sp³-hybridized carbons (Fsp3) is 0.524. The van der Waals surface area contributed by atoms with Gasteiger partial charge in [0, 0.05) is 13.0 Å². The molecule has 4 rings (SSSR count). The van der Waals surface area contributed by atoms with Crippen molar-refractivity contribution in [1.82, 2.24) is 9.55 Å². The average molecular weight is 416 g/mol. The maximum Gasteiger partial charge on any atom is 0.337 e. The van der Waals surface area contributed by atoms with Gasteiger partial charge in [-0.1, -0.05) is 18.2 Å². The standard InChI is InChI=1S/C21H24N2O5S/c1-27-20(26)13-8-9-15-16(11-13)22-21(29-18-7-3-2-6-17(18)24)23(19(15)25)12-14-5-4-10-28-14/h8-9,11,14,18H,2-7,10,12H2,1H3/t14-,18-/m0/s1. The van der Waals surface area contributed by atoms with Crippen LogP contribution in [0.5, 0.6) is 0 Å². The molecule has 2 aliphatic rings. The minimum absolute atomic E-state index is 0.0253. The molecule has 0 amide bonds. The van der Waals surface area contributed by atoms with E-state index in [1.807, 2.05) is 0 Å². The molecule has 1 saturated heterocycles. The molecule has 29 heavy (non-hydrogen) atoms. The Hall–Kier alpha value is -2.19. The molecule has 2 atom stereocenters. The summed E-state index contributed by atoms with van der Waals surface area (Å²) in [6.45, 7) is 1.12. The number of hydrogen-bond acceptors (Lipinski definition) is 7. The van der Waals surface area contributed by atoms with Crippen LogP contribution in [-0.4, -0.2) is 46.4 Å². The zero-order chi connectivity index (χ0) is 20.4. The van der Waals surface area contributed by atoms with E-state index in [4.69, 9.17) is 14.5 Å². The SMILES string of the molecule is COC(=O)c1ccc2c(=O)n(C[C@@H]3CCCO3)c(S[C@H]3CCCCC3=O)nc2c1. The number of methoxy groups -OCH3 is 1. The van der Waals surface area contributed by atoms with E-state index in [9.17, 15) is 14.4 Å². The molecule has 1 aliphatic heterocycles. The number of Topliss-reactive ketones (excluding diaryl/α,β-unsaturated/α-hetero) is 1. The summed E-state index contributed by atoms with van der Waals surface area (Å²) in [4.78, 5) is 42.2. The summed E-state index contributed by atoms with van der Waals surface area (Å²) in [6.07, 6.45) is 5.15. The van der Waals surface area contributed by atoms with Crippen LogP contribution in [0.4, 0.5) is 0 Å². The Balaban J connectivity index is 1.78. The van der Waals surface area contributed by atoms with Crippen molar-refractivity contribution in [2.75, 3.05) is 13.7 Å². The number of ketones is 1. The van der Waals surface area contributed by atoms with E-state index in [1.165, 1.54) is 18.9 Å². The van der Waals surface area contributed by atoms with Crippen LogP contribution in [0.1, 0.15) is 48.9 Å². The summed E-state index contributed by atoms with van der Waals surface area (Å²) in [5.41, 5.74) is 0.605. The van der Waals surface area contributed by atoms with Crippen molar-refractivity contribution >= 4 is 34.4 Å². The number of ether oxygens (including phenoxy) is 2. The molecule has 2 fully saturated rings. The minimum Gasteiger partial charge on any atom is -0.465 e. The molecule has 0 spiro atoms. The lowest BCUT2D eigenvalue weighted by Gasteiger charge is -2.22. The number of thioether (sulfide) groups is 1. The maximum absolute atomic E-state index is 13.3. The Morgan fingerprint density at radius 1 is 1.28 bits per heavy atom. The zero-order valence-electron chi connectivity index (χ0n) is 16.4. The molecular formula is C21H24N2O5S. The minimum atomic E-state index is -0.478. The second-order valence-electron chi connectivity index (χ2n) is 7.49. The van der Waals surface area contributed by atoms with Crippen molar-refractivity contribution in [1.29, 1.82) is 0 Å². The highest BCUT2D eigenvalue weighted by atomic mass is 32.2. The third-order valence-electron chi connectivity index (χ3n) is 5.50. The summed E-state index contributed by atoms with van der Waals surface area (Å²) in [7, 11) is 1.31. The summed E-state index contributed by atoms with van der Waals surface area (Å²) < 4.78 is 12.1. The van der Waals surface area contributed by atoms with Gasteiger partial charge in [-0.15, -0.1) is 0 Å². The molecule has 154 valence electrons. The van der Waals surface area contributed by atoms with E-state index in [2.05, 4.69) is 0 Å². The summed E-state index contributed by atoms with van der Waals surface area (Å²) >= 11 is 1.36. The molecule has 2 heterocycles. The monoisotopic (exact) mass is 416 g/mol. The Morgan fingerprint density at radius 3 is 2.86 bits per heavy atom. The Bertz CT molecular complexity index is 996. The third-order valence-corrected chi connectivity index (χ3v) is 6.80. The topological polar surface area (TPSA) is 87.5 Å². The van der Waals surface area contributed by atoms with Crippen LogP contribution in [0.3, 0.4) is 0 Å². The number of rotatable bonds is 5. The molecular weight excluding hydrogens is 392 g/mol. The normalized spacial score (nSPS) is 22.2. The summed E-state index contributed by atoms with van der Waals surface area (Å²) in [5, 5.41) is 0.767. The van der Waals surface area contributed by atoms with Gasteiger partial charge in [0.1, 0.15) is 5.78 Å². The van der Waals surface area contributed by atoms with Gasteiger partial charge < -0.3 is 9.47 Å². The predicted molar refractivity (Wildman–Crippen MR) is 109 cm³/mol. The number of esters is 1. The molecule has 0 N–H and O–H groups in total. The molecule has 0 unspecified atom stereocenters. The molecule has 1 saturated carbocycles. The number of aromatic nitrogens is 2. The number of nitrogens with zero attached hydrogens (tertiary/aromatic N) is 2. The first-order valence-corrected chi connectivity index (χ1v) is 10.9. The van der Waals surface area contributed by atoms with Crippen molar-refractivity contribution < 1.29 is 19.1 Å². The first-order valence-electron chi connectivity index (χ1n) is 10.0. The zero-order valence-corrected chi connectivity index (χ0v) is 17.2. The lowest BCUT2D eigenvalue weighted by atomic mass is 9.99. The number of benzene rings is 1. The molecule has 2 aromatic rings. The van der Waals surface area contributed by atoms with Gasteiger partial charge in [-0.05, 0) is 43.9 Å². The molecule has 1 aliphatic carbocycles. The highest BCUT2D eigenvalue weighted by Crippen LogP contribution is 2.31. The quantitative estimate of drug-likeness (QED) is 0.547. The van der Waals surface area contributed by atoms with E-state index in [1.54, 1.807) is 22.8 Å². The van der Waals surface area contributed by atoms with E-state index in [-0.39, 0.29) is 22.7 Å². The van der Waals surface area contributed by atoms with E-state index in [0.717, 1.165) is 32.1 Å². The van der Waals surface area contributed by atoms with Crippen molar-refractivity contribution in [2.45, 2.75) is 61.6 Å². The number of fused-ring (bicyclic) bond motifs is 1. The maximum atomic E-state index is 13.3. The van der Waals surface area contributed by atoms with Crippen molar-refractivity contribution in [3.63, 3.8) is 0 Å². The molecule has 0 bridgehead atoms. The highest BCUT2D eigenvalue weighted by Gasteiger charge is 2.27. The first kappa shape index (κ1) is 20.1. The molecule has 7 nitrogen and oxygen atoms in total. The molecule has 1 aromatic heterocycles. The van der Waals surface area contributed by atoms with Crippen molar-refractivity contribution in [2.24, 2.45) is 0 Å². The first-order chi connectivity index (χ1) is 14.1. The van der Waals surface area contributed by atoms with Crippen LogP contribution in [0, 0.1) is 0 Å². The van der Waals surface area contributed by atoms with Gasteiger partial charge in [-0.2, -0.15) is 0 Å². The fourth-order valence-electron chi connectivity index (χ4n) is 3.89. The van der Waals surface area contributed by atoms with Crippen LogP contribution >= 0.6 is 11.8 Å². The second kappa shape index (κ2) is 8.67. The van der Waals surface area contributed by atoms with Gasteiger partial charge in [0.25, 0.3) is 5.56 Å². The second-order valence-corrected chi connectivity index (χ2v) is 8.66. The van der Waals surface area contributed by atoms with Crippen molar-refractivity contribution in [3.8, 4) is 0 Å². The predicted octanol–water partition coefficient (Wildman–Crippen LogP) is 2.97. The van der Waals surface area contributed by atoms with Gasteiger partial charge in [-0.25, -0.2) is 9.78 Å². The van der Waals surface area contributed by atoms with Crippen LogP contribution in [-0.2, 0) is 20.8 Å². The summed E-state index contributed by atoms with van der Waals surface area (Å²) in [6, 6.07) is 4.76. The van der Waals surface area contributed by atoms with Crippen LogP contribution < -0.4 is 5.56 Å². The molecule has 8 heteroatoms. The van der Waals surface area contributed by atoms with Gasteiger partial charge in [0.15, 0.2) is 5.16 Å². The van der Waals surface area contributed by atoms with Gasteiger partial charge in [0.05, 0.1) is 41.5 Å². The Labute approximate surface area is 172 Å². The van der Waals surface area contributed by atoms with Crippen LogP contribution in [0.2, 0.25) is 0 Å².